The van der Waals surface area contributed by atoms with Gasteiger partial charge in [-0.05, 0) is 62.2 Å². The lowest BCUT2D eigenvalue weighted by Crippen LogP contribution is -2.56. The summed E-state index contributed by atoms with van der Waals surface area (Å²) in [4.78, 5) is 29.3. The maximum atomic E-state index is 14.1. The topological polar surface area (TPSA) is 86.8 Å². The third-order valence-electron chi connectivity index (χ3n) is 5.83. The summed E-state index contributed by atoms with van der Waals surface area (Å²) in [6, 6.07) is 20.2. The fourth-order valence-electron chi connectivity index (χ4n) is 4.14. The van der Waals surface area contributed by atoms with Crippen molar-refractivity contribution in [3.63, 3.8) is 0 Å². The van der Waals surface area contributed by atoms with Crippen LogP contribution in [0.1, 0.15) is 31.9 Å². The van der Waals surface area contributed by atoms with E-state index in [0.29, 0.717) is 0 Å². The van der Waals surface area contributed by atoms with Crippen LogP contribution in [0.5, 0.6) is 0 Å². The first kappa shape index (κ1) is 31.9. The van der Waals surface area contributed by atoms with E-state index < -0.39 is 34.1 Å². The molecule has 1 atom stereocenters. The van der Waals surface area contributed by atoms with Crippen molar-refractivity contribution in [3.05, 3.63) is 98.4 Å². The predicted molar refractivity (Wildman–Crippen MR) is 165 cm³/mol. The molecule has 3 rings (SSSR count). The molecular formula is C29H32BrCl2N3O4S. The molecule has 3 aromatic carbocycles. The van der Waals surface area contributed by atoms with E-state index in [1.165, 1.54) is 23.1 Å². The second kappa shape index (κ2) is 13.4. The Labute approximate surface area is 254 Å². The quantitative estimate of drug-likeness (QED) is 0.284. The summed E-state index contributed by atoms with van der Waals surface area (Å²) < 4.78 is 27.5. The van der Waals surface area contributed by atoms with E-state index in [9.17, 15) is 18.0 Å². The number of carbonyl (C=O) groups excluding carboxylic acids is 2. The van der Waals surface area contributed by atoms with Crippen molar-refractivity contribution in [3.8, 4) is 0 Å². The van der Waals surface area contributed by atoms with Crippen molar-refractivity contribution >= 4 is 66.7 Å². The summed E-state index contributed by atoms with van der Waals surface area (Å²) in [5.74, 6) is -0.914. The van der Waals surface area contributed by atoms with Crippen LogP contribution in [-0.4, -0.2) is 49.5 Å². The van der Waals surface area contributed by atoms with Gasteiger partial charge in [0.05, 0.1) is 11.9 Å². The van der Waals surface area contributed by atoms with Crippen molar-refractivity contribution in [2.45, 2.75) is 45.3 Å². The molecule has 0 aliphatic heterocycles. The van der Waals surface area contributed by atoms with Gasteiger partial charge < -0.3 is 10.2 Å². The smallest absolute Gasteiger partial charge is 0.244 e. The Morgan fingerprint density at radius 2 is 1.52 bits per heavy atom. The molecule has 40 heavy (non-hydrogen) atoms. The fraction of sp³-hybridized carbons (Fsp3) is 0.310. The predicted octanol–water partition coefficient (Wildman–Crippen LogP) is 6.08. The Morgan fingerprint density at radius 3 is 2.08 bits per heavy atom. The third-order valence-corrected chi connectivity index (χ3v) is 7.90. The second-order valence-electron chi connectivity index (χ2n) is 10.5. The Morgan fingerprint density at radius 1 is 0.925 bits per heavy atom. The molecule has 7 nitrogen and oxygen atoms in total. The number of anilines is 1. The van der Waals surface area contributed by atoms with Gasteiger partial charge in [0.25, 0.3) is 0 Å². The van der Waals surface area contributed by atoms with Crippen LogP contribution < -0.4 is 9.62 Å². The molecule has 0 aliphatic rings. The van der Waals surface area contributed by atoms with Crippen LogP contribution in [0.15, 0.2) is 77.3 Å². The van der Waals surface area contributed by atoms with Crippen LogP contribution in [0, 0.1) is 0 Å². The minimum atomic E-state index is -3.93. The lowest BCUT2D eigenvalue weighted by atomic mass is 10.0. The Balaban J connectivity index is 2.09. The molecular weight excluding hydrogens is 637 g/mol. The normalized spacial score (nSPS) is 12.5. The molecule has 1 unspecified atom stereocenters. The van der Waals surface area contributed by atoms with Gasteiger partial charge in [0.15, 0.2) is 0 Å². The average Bonchev–Trinajstić information content (AvgIpc) is 2.82. The molecule has 3 aromatic rings. The highest BCUT2D eigenvalue weighted by molar-refractivity contribution is 9.10. The standard InChI is InChI=1S/C29H32BrCl2N3O4S/c1-29(2,3)33-28(37)26(14-20-9-6-5-7-10-20)34(18-21-11-8-12-22(30)13-21)27(36)19-35(40(4,38)39)25-16-23(31)15-24(32)17-25/h5-13,15-17,26H,14,18-19H2,1-4H3,(H,33,37). The number of rotatable bonds is 10. The first-order valence-electron chi connectivity index (χ1n) is 12.5. The summed E-state index contributed by atoms with van der Waals surface area (Å²) in [6.45, 7) is 5.09. The highest BCUT2D eigenvalue weighted by atomic mass is 79.9. The fourth-order valence-corrected chi connectivity index (χ4v) is 5.93. The van der Waals surface area contributed by atoms with Crippen molar-refractivity contribution in [2.24, 2.45) is 0 Å². The third kappa shape index (κ3) is 9.51. The highest BCUT2D eigenvalue weighted by Gasteiger charge is 2.34. The Hall–Kier alpha value is -2.59. The molecule has 1 N–H and O–H groups in total. The van der Waals surface area contributed by atoms with Crippen LogP contribution in [0.25, 0.3) is 0 Å². The molecule has 2 amide bonds. The van der Waals surface area contributed by atoms with Gasteiger partial charge >= 0.3 is 0 Å². The van der Waals surface area contributed by atoms with E-state index in [0.717, 1.165) is 26.2 Å². The Bertz CT molecular complexity index is 1440. The number of carbonyl (C=O) groups is 2. The van der Waals surface area contributed by atoms with Gasteiger partial charge in [0.1, 0.15) is 12.6 Å². The summed E-state index contributed by atoms with van der Waals surface area (Å²) in [5.41, 5.74) is 1.20. The van der Waals surface area contributed by atoms with Gasteiger partial charge in [-0.1, -0.05) is 81.6 Å². The van der Waals surface area contributed by atoms with Crippen molar-refractivity contribution in [2.75, 3.05) is 17.1 Å². The minimum Gasteiger partial charge on any atom is -0.350 e. The molecule has 11 heteroatoms. The molecule has 0 saturated heterocycles. The number of nitrogens with one attached hydrogen (secondary N) is 1. The number of nitrogens with zero attached hydrogens (tertiary/aromatic N) is 2. The molecule has 0 spiro atoms. The molecule has 0 aliphatic carbocycles. The second-order valence-corrected chi connectivity index (χ2v) is 14.2. The van der Waals surface area contributed by atoms with Crippen LogP contribution >= 0.6 is 39.1 Å². The SMILES string of the molecule is CC(C)(C)NC(=O)C(Cc1ccccc1)N(Cc1cccc(Br)c1)C(=O)CN(c1cc(Cl)cc(Cl)c1)S(C)(=O)=O. The van der Waals surface area contributed by atoms with E-state index in [2.05, 4.69) is 21.2 Å². The zero-order chi connectivity index (χ0) is 29.7. The van der Waals surface area contributed by atoms with E-state index in [-0.39, 0.29) is 34.6 Å². The minimum absolute atomic E-state index is 0.0707. The average molecular weight is 669 g/mol. The maximum Gasteiger partial charge on any atom is 0.244 e. The van der Waals surface area contributed by atoms with Gasteiger partial charge in [-0.15, -0.1) is 0 Å². The first-order chi connectivity index (χ1) is 18.6. The van der Waals surface area contributed by atoms with Crippen LogP contribution in [0.3, 0.4) is 0 Å². The largest absolute Gasteiger partial charge is 0.350 e. The number of amides is 2. The van der Waals surface area contributed by atoms with Crippen LogP contribution in [0.2, 0.25) is 10.0 Å². The molecule has 214 valence electrons. The van der Waals surface area contributed by atoms with E-state index in [4.69, 9.17) is 23.2 Å². The van der Waals surface area contributed by atoms with Crippen LogP contribution in [0.4, 0.5) is 5.69 Å². The number of hydrogen-bond acceptors (Lipinski definition) is 4. The van der Waals surface area contributed by atoms with E-state index >= 15 is 0 Å². The summed E-state index contributed by atoms with van der Waals surface area (Å²) in [6.07, 6.45) is 1.23. The first-order valence-corrected chi connectivity index (χ1v) is 15.9. The molecule has 0 bridgehead atoms. The zero-order valence-corrected chi connectivity index (χ0v) is 26.6. The monoisotopic (exact) mass is 667 g/mol. The summed E-state index contributed by atoms with van der Waals surface area (Å²) >= 11 is 15.8. The van der Waals surface area contributed by atoms with Gasteiger partial charge in [0, 0.05) is 33.0 Å². The van der Waals surface area contributed by atoms with Crippen molar-refractivity contribution < 1.29 is 18.0 Å². The summed E-state index contributed by atoms with van der Waals surface area (Å²) in [7, 11) is -3.93. The lowest BCUT2D eigenvalue weighted by Gasteiger charge is -2.35. The van der Waals surface area contributed by atoms with Crippen LogP contribution in [-0.2, 0) is 32.6 Å². The lowest BCUT2D eigenvalue weighted by molar-refractivity contribution is -0.140. The van der Waals surface area contributed by atoms with E-state index in [1.807, 2.05) is 75.4 Å². The number of hydrogen-bond donors (Lipinski definition) is 1. The van der Waals surface area contributed by atoms with Crippen molar-refractivity contribution in [1.29, 1.82) is 0 Å². The molecule has 0 heterocycles. The van der Waals surface area contributed by atoms with Gasteiger partial charge in [-0.25, -0.2) is 8.42 Å². The number of benzene rings is 3. The maximum absolute atomic E-state index is 14.1. The number of halogens is 3. The number of sulfonamides is 1. The molecule has 0 radical (unpaired) electrons. The molecule has 0 fully saturated rings. The molecule has 0 aromatic heterocycles. The van der Waals surface area contributed by atoms with Gasteiger partial charge in [-0.3, -0.25) is 13.9 Å². The summed E-state index contributed by atoms with van der Waals surface area (Å²) in [5, 5.41) is 3.44. The van der Waals surface area contributed by atoms with E-state index in [1.54, 1.807) is 0 Å². The molecule has 0 saturated carbocycles. The van der Waals surface area contributed by atoms with Gasteiger partial charge in [0.2, 0.25) is 21.8 Å². The van der Waals surface area contributed by atoms with Gasteiger partial charge in [-0.2, -0.15) is 0 Å². The Kier molecular flexibility index (Phi) is 10.7. The zero-order valence-electron chi connectivity index (χ0n) is 22.7. The highest BCUT2D eigenvalue weighted by Crippen LogP contribution is 2.28. The van der Waals surface area contributed by atoms with Crippen molar-refractivity contribution in [1.82, 2.24) is 10.2 Å².